The molecule has 3 heterocycles. The first kappa shape index (κ1) is 11.3. The minimum atomic E-state index is 0.555. The van der Waals surface area contributed by atoms with Crippen molar-refractivity contribution in [2.75, 3.05) is 5.73 Å². The lowest BCUT2D eigenvalue weighted by molar-refractivity contribution is 0.648. The minimum Gasteiger partial charge on any atom is -0.369 e. The molecule has 94 valence electrons. The molecule has 0 radical (unpaired) electrons. The average Bonchev–Trinajstić information content (AvgIpc) is 3.02. The van der Waals surface area contributed by atoms with Crippen LogP contribution in [0.15, 0.2) is 16.8 Å². The van der Waals surface area contributed by atoms with Crippen molar-refractivity contribution in [3.63, 3.8) is 0 Å². The van der Waals surface area contributed by atoms with Gasteiger partial charge in [-0.25, -0.2) is 9.67 Å². The molecule has 3 rings (SSSR count). The van der Waals surface area contributed by atoms with Gasteiger partial charge in [-0.3, -0.25) is 4.57 Å². The van der Waals surface area contributed by atoms with E-state index in [-0.39, 0.29) is 0 Å². The lowest BCUT2D eigenvalue weighted by atomic mass is 10.3. The average molecular weight is 261 g/mol. The van der Waals surface area contributed by atoms with Crippen LogP contribution in [0, 0.1) is 6.92 Å². The fourth-order valence-corrected chi connectivity index (χ4v) is 2.84. The predicted octanol–water partition coefficient (Wildman–Crippen LogP) is 2.25. The van der Waals surface area contributed by atoms with Crippen LogP contribution in [-0.4, -0.2) is 19.3 Å². The largest absolute Gasteiger partial charge is 0.369 e. The first-order chi connectivity index (χ1) is 8.70. The lowest BCUT2D eigenvalue weighted by Crippen LogP contribution is -2.08. The van der Waals surface area contributed by atoms with E-state index in [1.807, 2.05) is 16.2 Å². The third-order valence-corrected chi connectivity index (χ3v) is 3.78. The maximum Gasteiger partial charge on any atom is 0.202 e. The fourth-order valence-electron chi connectivity index (χ4n) is 2.18. The number of anilines is 1. The highest BCUT2D eigenvalue weighted by atomic mass is 32.1. The molecule has 6 heteroatoms. The molecule has 0 aliphatic heterocycles. The smallest absolute Gasteiger partial charge is 0.202 e. The summed E-state index contributed by atoms with van der Waals surface area (Å²) in [6, 6.07) is 2.11. The van der Waals surface area contributed by atoms with E-state index in [0.29, 0.717) is 5.95 Å². The van der Waals surface area contributed by atoms with Crippen LogP contribution in [0.1, 0.15) is 18.2 Å². The predicted molar refractivity (Wildman–Crippen MR) is 73.8 cm³/mol. The Morgan fingerprint density at radius 3 is 2.94 bits per heavy atom. The number of aryl methyl sites for hydroxylation is 2. The van der Waals surface area contributed by atoms with E-state index in [9.17, 15) is 0 Å². The molecular weight excluding hydrogens is 246 g/mol. The zero-order valence-electron chi connectivity index (χ0n) is 10.4. The van der Waals surface area contributed by atoms with Crippen molar-refractivity contribution in [3.05, 3.63) is 28.1 Å². The molecule has 3 aromatic heterocycles. The number of nitrogen functional groups attached to an aromatic ring is 1. The number of imidazole rings is 1. The lowest BCUT2D eigenvalue weighted by Gasteiger charge is -2.06. The number of hydrogen-bond acceptors (Lipinski definition) is 4. The van der Waals surface area contributed by atoms with Crippen LogP contribution in [0.25, 0.3) is 11.2 Å². The van der Waals surface area contributed by atoms with Crippen molar-refractivity contribution < 1.29 is 0 Å². The summed E-state index contributed by atoms with van der Waals surface area (Å²) in [5.41, 5.74) is 10.1. The van der Waals surface area contributed by atoms with Crippen LogP contribution >= 0.6 is 11.3 Å². The molecule has 0 aliphatic carbocycles. The van der Waals surface area contributed by atoms with Crippen LogP contribution in [0.5, 0.6) is 0 Å². The second-order valence-corrected chi connectivity index (χ2v) is 5.04. The first-order valence-electron chi connectivity index (χ1n) is 5.91. The Morgan fingerprint density at radius 1 is 1.44 bits per heavy atom. The van der Waals surface area contributed by atoms with Gasteiger partial charge in [-0.2, -0.15) is 16.4 Å². The van der Waals surface area contributed by atoms with Crippen LogP contribution in [-0.2, 0) is 13.1 Å². The minimum absolute atomic E-state index is 0.555. The van der Waals surface area contributed by atoms with Gasteiger partial charge in [0.05, 0.1) is 12.2 Å². The van der Waals surface area contributed by atoms with E-state index in [2.05, 4.69) is 33.8 Å². The number of fused-ring (bicyclic) bond motifs is 1. The summed E-state index contributed by atoms with van der Waals surface area (Å²) in [6.45, 7) is 5.61. The second-order valence-electron chi connectivity index (χ2n) is 4.26. The monoisotopic (exact) mass is 261 g/mol. The van der Waals surface area contributed by atoms with Crippen LogP contribution in [0.4, 0.5) is 5.95 Å². The van der Waals surface area contributed by atoms with Crippen LogP contribution in [0.3, 0.4) is 0 Å². The first-order valence-corrected chi connectivity index (χ1v) is 6.85. The zero-order valence-corrected chi connectivity index (χ0v) is 11.2. The molecule has 0 saturated carbocycles. The molecule has 0 unspecified atom stereocenters. The fraction of sp³-hybridized carbons (Fsp3) is 0.333. The topological polar surface area (TPSA) is 61.7 Å². The Bertz CT molecular complexity index is 677. The molecule has 18 heavy (non-hydrogen) atoms. The van der Waals surface area contributed by atoms with E-state index in [1.54, 1.807) is 11.3 Å². The van der Waals surface area contributed by atoms with Gasteiger partial charge in [-0.05, 0) is 36.2 Å². The summed E-state index contributed by atoms with van der Waals surface area (Å²) in [5, 5.41) is 8.68. The Kier molecular flexibility index (Phi) is 2.59. The van der Waals surface area contributed by atoms with E-state index in [4.69, 9.17) is 5.73 Å². The van der Waals surface area contributed by atoms with E-state index in [1.165, 1.54) is 5.56 Å². The molecule has 0 amide bonds. The van der Waals surface area contributed by atoms with Crippen LogP contribution < -0.4 is 5.73 Å². The number of aromatic nitrogens is 4. The highest BCUT2D eigenvalue weighted by Crippen LogP contribution is 2.22. The molecular formula is C12H15N5S. The summed E-state index contributed by atoms with van der Waals surface area (Å²) >= 11 is 1.69. The number of nitrogens with two attached hydrogens (primary N) is 1. The van der Waals surface area contributed by atoms with Crippen molar-refractivity contribution in [2.24, 2.45) is 0 Å². The molecule has 0 aliphatic rings. The molecule has 0 aromatic carbocycles. The van der Waals surface area contributed by atoms with E-state index >= 15 is 0 Å². The highest BCUT2D eigenvalue weighted by molar-refractivity contribution is 7.07. The van der Waals surface area contributed by atoms with Crippen molar-refractivity contribution in [1.82, 2.24) is 19.3 Å². The van der Waals surface area contributed by atoms with E-state index in [0.717, 1.165) is 29.9 Å². The van der Waals surface area contributed by atoms with Gasteiger partial charge in [-0.15, -0.1) is 0 Å². The quantitative estimate of drug-likeness (QED) is 0.786. The third-order valence-electron chi connectivity index (χ3n) is 3.05. The third kappa shape index (κ3) is 1.60. The van der Waals surface area contributed by atoms with Crippen molar-refractivity contribution in [2.45, 2.75) is 26.9 Å². The van der Waals surface area contributed by atoms with Gasteiger partial charge in [0.15, 0.2) is 5.65 Å². The molecule has 3 aromatic rings. The summed E-state index contributed by atoms with van der Waals surface area (Å²) in [6.07, 6.45) is 0. The number of rotatable bonds is 3. The van der Waals surface area contributed by atoms with Gasteiger partial charge in [0.1, 0.15) is 5.52 Å². The van der Waals surface area contributed by atoms with Crippen LogP contribution in [0.2, 0.25) is 0 Å². The summed E-state index contributed by atoms with van der Waals surface area (Å²) in [4.78, 5) is 4.42. The van der Waals surface area contributed by atoms with Gasteiger partial charge in [0, 0.05) is 6.54 Å². The molecule has 0 spiro atoms. The van der Waals surface area contributed by atoms with Crippen molar-refractivity contribution in [1.29, 1.82) is 0 Å². The van der Waals surface area contributed by atoms with Crippen molar-refractivity contribution in [3.8, 4) is 0 Å². The summed E-state index contributed by atoms with van der Waals surface area (Å²) in [5.74, 6) is 0.555. The molecule has 0 fully saturated rings. The molecule has 0 atom stereocenters. The highest BCUT2D eigenvalue weighted by Gasteiger charge is 2.16. The Morgan fingerprint density at radius 2 is 2.28 bits per heavy atom. The number of thiophene rings is 1. The normalized spacial score (nSPS) is 11.4. The molecule has 2 N–H and O–H groups in total. The van der Waals surface area contributed by atoms with Crippen molar-refractivity contribution >= 4 is 28.4 Å². The standard InChI is InChI=1S/C12H15N5S/c1-3-17-11-10(8(2)15-17)14-12(13)16(11)6-9-4-5-18-7-9/h4-5,7H,3,6H2,1-2H3,(H2,13,14). The van der Waals surface area contributed by atoms with Gasteiger partial charge >= 0.3 is 0 Å². The van der Waals surface area contributed by atoms with Gasteiger partial charge in [0.2, 0.25) is 5.95 Å². The Balaban J connectivity index is 2.18. The Hall–Kier alpha value is -1.82. The maximum atomic E-state index is 6.02. The summed E-state index contributed by atoms with van der Waals surface area (Å²) in [7, 11) is 0. The molecule has 5 nitrogen and oxygen atoms in total. The molecule has 0 bridgehead atoms. The second kappa shape index (κ2) is 4.13. The Labute approximate surface area is 109 Å². The van der Waals surface area contributed by atoms with Gasteiger partial charge in [-0.1, -0.05) is 0 Å². The van der Waals surface area contributed by atoms with Gasteiger partial charge in [0.25, 0.3) is 0 Å². The number of nitrogens with zero attached hydrogens (tertiary/aromatic N) is 4. The maximum absolute atomic E-state index is 6.02. The molecule has 0 saturated heterocycles. The SMILES string of the molecule is CCn1nc(C)c2nc(N)n(Cc3ccsc3)c21. The van der Waals surface area contributed by atoms with Gasteiger partial charge < -0.3 is 5.73 Å². The number of hydrogen-bond donors (Lipinski definition) is 1. The summed E-state index contributed by atoms with van der Waals surface area (Å²) < 4.78 is 3.99. The van der Waals surface area contributed by atoms with E-state index < -0.39 is 0 Å². The zero-order chi connectivity index (χ0) is 12.7.